The number of benzene rings is 2. The second kappa shape index (κ2) is 11.4. The number of hydrogen-bond donors (Lipinski definition) is 2. The maximum atomic E-state index is 13.7. The second-order valence-electron chi connectivity index (χ2n) is 8.05. The first-order valence-corrected chi connectivity index (χ1v) is 13.3. The van der Waals surface area contributed by atoms with Crippen LogP contribution < -0.4 is 20.3 Å². The molecule has 3 N–H and O–H groups in total. The summed E-state index contributed by atoms with van der Waals surface area (Å²) in [7, 11) is -2.91. The summed E-state index contributed by atoms with van der Waals surface area (Å²) in [6.07, 6.45) is 1.41. The van der Waals surface area contributed by atoms with Gasteiger partial charge < -0.3 is 15.8 Å². The maximum Gasteiger partial charge on any atom is 0.326 e. The summed E-state index contributed by atoms with van der Waals surface area (Å²) in [4.78, 5) is 38.1. The molecule has 1 aliphatic heterocycles. The monoisotopic (exact) mass is 556 g/mol. The predicted molar refractivity (Wildman–Crippen MR) is 137 cm³/mol. The first-order valence-electron chi connectivity index (χ1n) is 11.1. The summed E-state index contributed by atoms with van der Waals surface area (Å²) >= 11 is 12.1. The number of nitrogens with two attached hydrogens (primary N) is 1. The normalized spacial score (nSPS) is 14.8. The third-order valence-electron chi connectivity index (χ3n) is 5.59. The molecule has 13 heteroatoms. The number of hydrogen-bond acceptors (Lipinski definition) is 6. The third-order valence-corrected chi connectivity index (χ3v) is 7.78. The molecule has 1 unspecified atom stereocenters. The molecular weight excluding hydrogens is 531 g/mol. The minimum Gasteiger partial charge on any atom is -0.464 e. The van der Waals surface area contributed by atoms with Gasteiger partial charge in [-0.1, -0.05) is 36.5 Å². The van der Waals surface area contributed by atoms with Crippen LogP contribution in [0.3, 0.4) is 0 Å². The molecule has 36 heavy (non-hydrogen) atoms. The number of esters is 1. The van der Waals surface area contributed by atoms with E-state index in [4.69, 9.17) is 33.7 Å². The summed E-state index contributed by atoms with van der Waals surface area (Å²) in [6, 6.07) is 7.71. The number of ether oxygens (including phenoxy) is 1. The van der Waals surface area contributed by atoms with Gasteiger partial charge in [-0.3, -0.25) is 18.8 Å². The Bertz CT molecular complexity index is 1270. The summed E-state index contributed by atoms with van der Waals surface area (Å²) in [5.74, 6) is -2.33. The Morgan fingerprint density at radius 1 is 1.17 bits per heavy atom. The summed E-state index contributed by atoms with van der Waals surface area (Å²) < 4.78 is 33.4. The van der Waals surface area contributed by atoms with E-state index >= 15 is 0 Å². The smallest absolute Gasteiger partial charge is 0.326 e. The van der Waals surface area contributed by atoms with Crippen molar-refractivity contribution >= 4 is 62.5 Å². The van der Waals surface area contributed by atoms with Gasteiger partial charge in [0.05, 0.1) is 23.1 Å². The second-order valence-corrected chi connectivity index (χ2v) is 10.8. The number of sulfonamides is 1. The zero-order valence-corrected chi connectivity index (χ0v) is 22.0. The van der Waals surface area contributed by atoms with Crippen LogP contribution in [-0.2, 0) is 24.3 Å². The van der Waals surface area contributed by atoms with E-state index in [0.29, 0.717) is 17.7 Å². The minimum atomic E-state index is -4.36. The van der Waals surface area contributed by atoms with Crippen LogP contribution in [0, 0.1) is 0 Å². The van der Waals surface area contributed by atoms with Crippen molar-refractivity contribution in [2.45, 2.75) is 30.6 Å². The quantitative estimate of drug-likeness (QED) is 0.359. The van der Waals surface area contributed by atoms with E-state index in [0.717, 1.165) is 10.7 Å². The fraction of sp³-hybridized carbons (Fsp3) is 0.348. The highest BCUT2D eigenvalue weighted by Crippen LogP contribution is 2.40. The first kappa shape index (κ1) is 27.6. The molecule has 3 amide bonds. The van der Waals surface area contributed by atoms with Gasteiger partial charge in [-0.25, -0.2) is 13.2 Å². The van der Waals surface area contributed by atoms with E-state index in [1.807, 2.05) is 6.92 Å². The molecule has 1 heterocycles. The SMILES string of the molecule is CCCCOC(=O)CN(c1ccc2c(c1)C(C(N)=O)CN2C(=O)NC)S(=O)(=O)c1cc(Cl)cc(Cl)c1. The van der Waals surface area contributed by atoms with Crippen molar-refractivity contribution in [1.82, 2.24) is 5.32 Å². The number of urea groups is 1. The largest absolute Gasteiger partial charge is 0.464 e. The number of nitrogens with zero attached hydrogens (tertiary/aromatic N) is 2. The van der Waals surface area contributed by atoms with E-state index in [1.165, 1.54) is 48.3 Å². The third kappa shape index (κ3) is 5.85. The van der Waals surface area contributed by atoms with Crippen LogP contribution in [0.5, 0.6) is 0 Å². The highest BCUT2D eigenvalue weighted by molar-refractivity contribution is 7.92. The number of carbonyl (C=O) groups excluding carboxylic acids is 3. The Morgan fingerprint density at radius 2 is 1.83 bits per heavy atom. The van der Waals surface area contributed by atoms with Crippen molar-refractivity contribution < 1.29 is 27.5 Å². The van der Waals surface area contributed by atoms with Crippen LogP contribution >= 0.6 is 23.2 Å². The lowest BCUT2D eigenvalue weighted by Gasteiger charge is -2.25. The van der Waals surface area contributed by atoms with Gasteiger partial charge in [-0.05, 0) is 48.4 Å². The van der Waals surface area contributed by atoms with Crippen molar-refractivity contribution in [1.29, 1.82) is 0 Å². The lowest BCUT2D eigenvalue weighted by atomic mass is 10.0. The molecule has 0 aromatic heterocycles. The average Bonchev–Trinajstić information content (AvgIpc) is 3.20. The zero-order valence-electron chi connectivity index (χ0n) is 19.7. The van der Waals surface area contributed by atoms with E-state index in [2.05, 4.69) is 5.32 Å². The highest BCUT2D eigenvalue weighted by atomic mass is 35.5. The van der Waals surface area contributed by atoms with E-state index in [9.17, 15) is 22.8 Å². The number of rotatable bonds is 9. The molecular formula is C23H26Cl2N4O6S. The van der Waals surface area contributed by atoms with Crippen LogP contribution in [0.1, 0.15) is 31.2 Å². The number of halogens is 2. The van der Waals surface area contributed by atoms with Gasteiger partial charge in [0.15, 0.2) is 0 Å². The Labute approximate surface area is 219 Å². The lowest BCUT2D eigenvalue weighted by molar-refractivity contribution is -0.141. The number of anilines is 2. The van der Waals surface area contributed by atoms with E-state index in [1.54, 1.807) is 0 Å². The number of nitrogens with one attached hydrogen (secondary N) is 1. The van der Waals surface area contributed by atoms with E-state index < -0.39 is 40.4 Å². The van der Waals surface area contributed by atoms with Gasteiger partial charge >= 0.3 is 12.0 Å². The molecule has 0 spiro atoms. The van der Waals surface area contributed by atoms with Crippen LogP contribution in [0.25, 0.3) is 0 Å². The molecule has 2 aromatic carbocycles. The Hall–Kier alpha value is -3.02. The van der Waals surface area contributed by atoms with Crippen LogP contribution in [0.15, 0.2) is 41.3 Å². The first-order chi connectivity index (χ1) is 17.0. The Morgan fingerprint density at radius 3 is 2.42 bits per heavy atom. The van der Waals surface area contributed by atoms with Gasteiger partial charge in [-0.15, -0.1) is 0 Å². The summed E-state index contributed by atoms with van der Waals surface area (Å²) in [5.41, 5.74) is 6.39. The molecule has 0 saturated carbocycles. The lowest BCUT2D eigenvalue weighted by Crippen LogP contribution is -2.38. The van der Waals surface area contributed by atoms with Crippen LogP contribution in [0.4, 0.5) is 16.2 Å². The molecule has 0 radical (unpaired) electrons. The molecule has 0 aliphatic carbocycles. The Balaban J connectivity index is 2.11. The topological polar surface area (TPSA) is 139 Å². The van der Waals surface area contributed by atoms with Crippen molar-refractivity contribution in [2.75, 3.05) is 35.9 Å². The number of fused-ring (bicyclic) bond motifs is 1. The fourth-order valence-electron chi connectivity index (χ4n) is 3.78. The molecule has 10 nitrogen and oxygen atoms in total. The average molecular weight is 557 g/mol. The molecule has 1 aliphatic rings. The standard InChI is InChI=1S/C23H26Cl2N4O6S/c1-3-4-7-35-21(30)13-29(36(33,34)17-9-14(24)8-15(25)10-17)16-5-6-20-18(11-16)19(22(26)31)12-28(20)23(32)27-2/h5-6,8-11,19H,3-4,7,12-13H2,1-2H3,(H2,26,31)(H,27,32). The highest BCUT2D eigenvalue weighted by Gasteiger charge is 2.37. The fourth-order valence-corrected chi connectivity index (χ4v) is 5.91. The van der Waals surface area contributed by atoms with Gasteiger partial charge in [0, 0.05) is 29.3 Å². The minimum absolute atomic E-state index is 0.0104. The van der Waals surface area contributed by atoms with Gasteiger partial charge in [0.25, 0.3) is 10.0 Å². The molecule has 1 atom stereocenters. The van der Waals surface area contributed by atoms with Crippen molar-refractivity contribution in [3.05, 3.63) is 52.0 Å². The molecule has 0 bridgehead atoms. The van der Waals surface area contributed by atoms with Crippen LogP contribution in [-0.4, -0.2) is 53.1 Å². The van der Waals surface area contributed by atoms with Crippen LogP contribution in [0.2, 0.25) is 10.0 Å². The molecule has 0 fully saturated rings. The molecule has 2 aromatic rings. The van der Waals surface area contributed by atoms with Crippen molar-refractivity contribution in [3.63, 3.8) is 0 Å². The van der Waals surface area contributed by atoms with Gasteiger partial charge in [0.2, 0.25) is 5.91 Å². The zero-order chi connectivity index (χ0) is 26.6. The number of primary amides is 1. The number of carbonyl (C=O) groups is 3. The number of unbranched alkanes of at least 4 members (excludes halogenated alkanes) is 1. The summed E-state index contributed by atoms with van der Waals surface area (Å²) in [5, 5.41) is 2.68. The van der Waals surface area contributed by atoms with Gasteiger partial charge in [0.1, 0.15) is 6.54 Å². The van der Waals surface area contributed by atoms with E-state index in [-0.39, 0.29) is 33.8 Å². The Kier molecular flexibility index (Phi) is 8.70. The van der Waals surface area contributed by atoms with Crippen molar-refractivity contribution in [3.8, 4) is 0 Å². The molecule has 0 saturated heterocycles. The number of amides is 3. The molecule has 3 rings (SSSR count). The summed E-state index contributed by atoms with van der Waals surface area (Å²) in [6.45, 7) is 1.41. The predicted octanol–water partition coefficient (Wildman–Crippen LogP) is 3.26. The molecule has 194 valence electrons. The van der Waals surface area contributed by atoms with Gasteiger partial charge in [-0.2, -0.15) is 0 Å². The van der Waals surface area contributed by atoms with Crippen molar-refractivity contribution in [2.24, 2.45) is 5.73 Å². The maximum absolute atomic E-state index is 13.7.